The van der Waals surface area contributed by atoms with Crippen molar-refractivity contribution < 1.29 is 4.79 Å². The number of carbonyl (C=O) groups is 1. The molecule has 29 heavy (non-hydrogen) atoms. The van der Waals surface area contributed by atoms with Crippen molar-refractivity contribution in [3.05, 3.63) is 54.0 Å². The highest BCUT2D eigenvalue weighted by molar-refractivity contribution is 5.85. The molecule has 4 aromatic rings. The summed E-state index contributed by atoms with van der Waals surface area (Å²) < 4.78 is 1.68. The standard InChI is InChI=1S/C21H23N7O/c1-15-2-4-18-17(12-15)16(13-22-18)3-7-21(29)27-10-8-26(9-11-27)20-6-5-19-24-23-14-28(19)25-20/h2,4-6,12-14,22H,3,7-11H2,1H3. The van der Waals surface area contributed by atoms with Gasteiger partial charge >= 0.3 is 0 Å². The van der Waals surface area contributed by atoms with Crippen LogP contribution in [0.4, 0.5) is 5.82 Å². The number of aryl methyl sites for hydroxylation is 2. The van der Waals surface area contributed by atoms with Gasteiger partial charge in [-0.2, -0.15) is 4.52 Å². The molecule has 1 amide bonds. The number of aromatic amines is 1. The maximum absolute atomic E-state index is 12.7. The fraction of sp³-hybridized carbons (Fsp3) is 0.333. The van der Waals surface area contributed by atoms with E-state index in [0.717, 1.165) is 36.5 Å². The van der Waals surface area contributed by atoms with E-state index in [-0.39, 0.29) is 5.91 Å². The lowest BCUT2D eigenvalue weighted by molar-refractivity contribution is -0.131. The molecule has 0 bridgehead atoms. The fourth-order valence-corrected chi connectivity index (χ4v) is 3.97. The Kier molecular flexibility index (Phi) is 4.38. The third kappa shape index (κ3) is 3.41. The van der Waals surface area contributed by atoms with Gasteiger partial charge in [-0.25, -0.2) is 0 Å². The van der Waals surface area contributed by atoms with Gasteiger partial charge in [0, 0.05) is 49.7 Å². The molecule has 1 aromatic carbocycles. The average Bonchev–Trinajstić information content (AvgIpc) is 3.38. The first-order valence-electron chi connectivity index (χ1n) is 9.94. The minimum absolute atomic E-state index is 0.217. The molecule has 148 valence electrons. The van der Waals surface area contributed by atoms with Crippen LogP contribution in [0.15, 0.2) is 42.9 Å². The van der Waals surface area contributed by atoms with Gasteiger partial charge in [-0.1, -0.05) is 11.6 Å². The Morgan fingerprint density at radius 2 is 2.00 bits per heavy atom. The van der Waals surface area contributed by atoms with Crippen molar-refractivity contribution in [2.24, 2.45) is 0 Å². The van der Waals surface area contributed by atoms with E-state index in [2.05, 4.69) is 50.3 Å². The minimum atomic E-state index is 0.217. The molecule has 0 atom stereocenters. The van der Waals surface area contributed by atoms with E-state index in [4.69, 9.17) is 0 Å². The zero-order chi connectivity index (χ0) is 19.8. The summed E-state index contributed by atoms with van der Waals surface area (Å²) in [6, 6.07) is 10.3. The maximum Gasteiger partial charge on any atom is 0.223 e. The lowest BCUT2D eigenvalue weighted by atomic mass is 10.1. The number of piperazine rings is 1. The summed E-state index contributed by atoms with van der Waals surface area (Å²) in [7, 11) is 0. The summed E-state index contributed by atoms with van der Waals surface area (Å²) >= 11 is 0. The number of fused-ring (bicyclic) bond motifs is 2. The highest BCUT2D eigenvalue weighted by Crippen LogP contribution is 2.21. The third-order valence-corrected chi connectivity index (χ3v) is 5.64. The highest BCUT2D eigenvalue weighted by Gasteiger charge is 2.22. The van der Waals surface area contributed by atoms with E-state index in [9.17, 15) is 4.79 Å². The SMILES string of the molecule is Cc1ccc2[nH]cc(CCC(=O)N3CCN(c4ccc5nncn5n4)CC3)c2c1. The molecule has 4 heterocycles. The number of carbonyl (C=O) groups excluding carboxylic acids is 1. The molecule has 0 saturated carbocycles. The largest absolute Gasteiger partial charge is 0.361 e. The molecule has 5 rings (SSSR count). The molecule has 0 radical (unpaired) electrons. The first-order valence-corrected chi connectivity index (χ1v) is 9.94. The van der Waals surface area contributed by atoms with Crippen molar-refractivity contribution in [3.8, 4) is 0 Å². The minimum Gasteiger partial charge on any atom is -0.361 e. The van der Waals surface area contributed by atoms with Crippen molar-refractivity contribution in [1.82, 2.24) is 29.7 Å². The number of nitrogens with zero attached hydrogens (tertiary/aromatic N) is 6. The molecule has 1 N–H and O–H groups in total. The number of hydrogen-bond acceptors (Lipinski definition) is 5. The number of hydrogen-bond donors (Lipinski definition) is 1. The van der Waals surface area contributed by atoms with Crippen LogP contribution >= 0.6 is 0 Å². The summed E-state index contributed by atoms with van der Waals surface area (Å²) in [5.74, 6) is 1.10. The molecule has 8 heteroatoms. The van der Waals surface area contributed by atoms with Crippen LogP contribution in [-0.2, 0) is 11.2 Å². The molecule has 0 unspecified atom stereocenters. The predicted octanol–water partition coefficient (Wildman–Crippen LogP) is 2.20. The lowest BCUT2D eigenvalue weighted by Crippen LogP contribution is -2.49. The number of aromatic nitrogens is 5. The van der Waals surface area contributed by atoms with Gasteiger partial charge in [-0.15, -0.1) is 15.3 Å². The first-order chi connectivity index (χ1) is 14.2. The van der Waals surface area contributed by atoms with Crippen LogP contribution in [0.2, 0.25) is 0 Å². The molecular weight excluding hydrogens is 366 g/mol. The molecule has 8 nitrogen and oxygen atoms in total. The number of benzene rings is 1. The number of anilines is 1. The summed E-state index contributed by atoms with van der Waals surface area (Å²) in [6.45, 7) is 5.08. The monoisotopic (exact) mass is 389 g/mol. The van der Waals surface area contributed by atoms with Gasteiger partial charge in [-0.3, -0.25) is 4.79 Å². The molecule has 3 aromatic heterocycles. The van der Waals surface area contributed by atoms with Gasteiger partial charge in [-0.05, 0) is 43.2 Å². The smallest absolute Gasteiger partial charge is 0.223 e. The second-order valence-electron chi connectivity index (χ2n) is 7.56. The summed E-state index contributed by atoms with van der Waals surface area (Å²) in [6.07, 6.45) is 4.92. The van der Waals surface area contributed by atoms with Gasteiger partial charge < -0.3 is 14.8 Å². The Morgan fingerprint density at radius 1 is 1.14 bits per heavy atom. The van der Waals surface area contributed by atoms with Gasteiger partial charge in [0.25, 0.3) is 0 Å². The van der Waals surface area contributed by atoms with Gasteiger partial charge in [0.2, 0.25) is 5.91 Å². The molecule has 0 aliphatic carbocycles. The van der Waals surface area contributed by atoms with Crippen LogP contribution in [0, 0.1) is 6.92 Å². The van der Waals surface area contributed by atoms with Crippen LogP contribution in [0.25, 0.3) is 16.6 Å². The fourth-order valence-electron chi connectivity index (χ4n) is 3.97. The molecule has 0 spiro atoms. The average molecular weight is 389 g/mol. The zero-order valence-electron chi connectivity index (χ0n) is 16.4. The van der Waals surface area contributed by atoms with E-state index < -0.39 is 0 Å². The van der Waals surface area contributed by atoms with E-state index in [0.29, 0.717) is 19.5 Å². The Balaban J connectivity index is 1.19. The molecule has 1 fully saturated rings. The topological polar surface area (TPSA) is 82.4 Å². The molecule has 1 aliphatic heterocycles. The summed E-state index contributed by atoms with van der Waals surface area (Å²) in [5.41, 5.74) is 4.31. The van der Waals surface area contributed by atoms with E-state index in [1.54, 1.807) is 10.8 Å². The zero-order valence-corrected chi connectivity index (χ0v) is 16.4. The highest BCUT2D eigenvalue weighted by atomic mass is 16.2. The summed E-state index contributed by atoms with van der Waals surface area (Å²) in [4.78, 5) is 20.2. The third-order valence-electron chi connectivity index (χ3n) is 5.64. The van der Waals surface area contributed by atoms with Crippen LogP contribution < -0.4 is 4.90 Å². The van der Waals surface area contributed by atoms with Gasteiger partial charge in [0.1, 0.15) is 12.1 Å². The number of amides is 1. The Morgan fingerprint density at radius 3 is 2.86 bits per heavy atom. The van der Waals surface area contributed by atoms with Gasteiger partial charge in [0.15, 0.2) is 5.65 Å². The van der Waals surface area contributed by atoms with Crippen molar-refractivity contribution in [2.75, 3.05) is 31.1 Å². The molecule has 1 aliphatic rings. The summed E-state index contributed by atoms with van der Waals surface area (Å²) in [5, 5.41) is 13.6. The van der Waals surface area contributed by atoms with Crippen LogP contribution in [0.3, 0.4) is 0 Å². The van der Waals surface area contributed by atoms with Crippen LogP contribution in [0.5, 0.6) is 0 Å². The van der Waals surface area contributed by atoms with Gasteiger partial charge in [0.05, 0.1) is 0 Å². The maximum atomic E-state index is 12.7. The van der Waals surface area contributed by atoms with Crippen molar-refractivity contribution in [3.63, 3.8) is 0 Å². The van der Waals surface area contributed by atoms with Crippen molar-refractivity contribution in [1.29, 1.82) is 0 Å². The second-order valence-corrected chi connectivity index (χ2v) is 7.56. The number of nitrogens with one attached hydrogen (secondary N) is 1. The van der Waals surface area contributed by atoms with Crippen molar-refractivity contribution in [2.45, 2.75) is 19.8 Å². The van der Waals surface area contributed by atoms with E-state index in [1.807, 2.05) is 23.2 Å². The van der Waals surface area contributed by atoms with Crippen LogP contribution in [-0.4, -0.2) is 61.8 Å². The van der Waals surface area contributed by atoms with E-state index in [1.165, 1.54) is 16.5 Å². The number of H-pyrrole nitrogens is 1. The molecule has 1 saturated heterocycles. The predicted molar refractivity (Wildman–Crippen MR) is 111 cm³/mol. The molecular formula is C21H23N7O. The second kappa shape index (κ2) is 7.20. The number of rotatable bonds is 4. The quantitative estimate of drug-likeness (QED) is 0.579. The Bertz CT molecular complexity index is 1170. The van der Waals surface area contributed by atoms with Crippen molar-refractivity contribution >= 4 is 28.3 Å². The lowest BCUT2D eigenvalue weighted by Gasteiger charge is -2.35. The first kappa shape index (κ1) is 17.7. The van der Waals surface area contributed by atoms with Crippen LogP contribution in [0.1, 0.15) is 17.5 Å². The Labute approximate surface area is 168 Å². The normalized spacial score (nSPS) is 14.8. The Hall–Kier alpha value is -3.42. The van der Waals surface area contributed by atoms with E-state index >= 15 is 0 Å².